The molecule has 1 atom stereocenters. The lowest BCUT2D eigenvalue weighted by atomic mass is 10.1. The highest BCUT2D eigenvalue weighted by Gasteiger charge is 2.16. The van der Waals surface area contributed by atoms with Crippen LogP contribution in [0.4, 0.5) is 0 Å². The molecule has 134 valence electrons. The predicted molar refractivity (Wildman–Crippen MR) is 95.6 cm³/mol. The Balaban J connectivity index is 1.76. The number of carbonyl (C=O) groups is 1. The summed E-state index contributed by atoms with van der Waals surface area (Å²) in [5, 5.41) is 9.62. The molecule has 25 heavy (non-hydrogen) atoms. The maximum absolute atomic E-state index is 11.0. The maximum Gasteiger partial charge on any atom is 0.333 e. The van der Waals surface area contributed by atoms with Gasteiger partial charge in [0.1, 0.15) is 11.5 Å². The van der Waals surface area contributed by atoms with Crippen LogP contribution in [0.25, 0.3) is 0 Å². The van der Waals surface area contributed by atoms with Gasteiger partial charge in [-0.1, -0.05) is 35.9 Å². The van der Waals surface area contributed by atoms with Crippen molar-refractivity contribution in [1.29, 1.82) is 0 Å². The first kappa shape index (κ1) is 19.1. The van der Waals surface area contributed by atoms with Gasteiger partial charge >= 0.3 is 5.97 Å². The molecule has 0 saturated heterocycles. The van der Waals surface area contributed by atoms with E-state index in [0.717, 1.165) is 5.56 Å². The maximum atomic E-state index is 11.0. The third kappa shape index (κ3) is 6.29. The average molecular weight is 365 g/mol. The number of hydrogen-bond acceptors (Lipinski definition) is 4. The summed E-state index contributed by atoms with van der Waals surface area (Å²) in [6.07, 6.45) is 0.128. The molecule has 5 nitrogen and oxygen atoms in total. The quantitative estimate of drug-likeness (QED) is 0.649. The van der Waals surface area contributed by atoms with Gasteiger partial charge in [-0.05, 0) is 29.8 Å². The van der Waals surface area contributed by atoms with Crippen molar-refractivity contribution < 1.29 is 24.1 Å². The number of para-hydroxylation sites is 1. The SMILES string of the molecule is COC(Cc1cccc(OCCCOc2ccccc2Cl)c1)C(=O)O. The molecular weight excluding hydrogens is 344 g/mol. The van der Waals surface area contributed by atoms with E-state index in [1.54, 1.807) is 6.07 Å². The third-order valence-electron chi connectivity index (χ3n) is 3.53. The number of rotatable bonds is 10. The Morgan fingerprint density at radius 1 is 1.12 bits per heavy atom. The highest BCUT2D eigenvalue weighted by molar-refractivity contribution is 6.32. The molecule has 0 aromatic heterocycles. The monoisotopic (exact) mass is 364 g/mol. The first-order chi connectivity index (χ1) is 12.1. The fraction of sp³-hybridized carbons (Fsp3) is 0.316. The van der Waals surface area contributed by atoms with Crippen LogP contribution in [0, 0.1) is 0 Å². The largest absolute Gasteiger partial charge is 0.493 e. The minimum Gasteiger partial charge on any atom is -0.493 e. The summed E-state index contributed by atoms with van der Waals surface area (Å²) in [7, 11) is 1.39. The molecule has 0 aliphatic heterocycles. The summed E-state index contributed by atoms with van der Waals surface area (Å²) in [6, 6.07) is 14.7. The van der Waals surface area contributed by atoms with Gasteiger partial charge in [0.25, 0.3) is 0 Å². The smallest absolute Gasteiger partial charge is 0.333 e. The van der Waals surface area contributed by atoms with Gasteiger partial charge in [-0.15, -0.1) is 0 Å². The Kier molecular flexibility index (Phi) is 7.57. The van der Waals surface area contributed by atoms with E-state index < -0.39 is 12.1 Å². The number of carboxylic acid groups (broad SMARTS) is 1. The zero-order valence-corrected chi connectivity index (χ0v) is 14.7. The molecular formula is C19H21ClO5. The van der Waals surface area contributed by atoms with E-state index in [2.05, 4.69) is 0 Å². The number of methoxy groups -OCH3 is 1. The average Bonchev–Trinajstić information content (AvgIpc) is 2.61. The molecule has 2 aromatic rings. The number of benzene rings is 2. The molecule has 0 amide bonds. The van der Waals surface area contributed by atoms with Gasteiger partial charge in [0, 0.05) is 20.0 Å². The lowest BCUT2D eigenvalue weighted by Gasteiger charge is -2.12. The van der Waals surface area contributed by atoms with Gasteiger partial charge in [0.15, 0.2) is 6.10 Å². The highest BCUT2D eigenvalue weighted by Crippen LogP contribution is 2.23. The van der Waals surface area contributed by atoms with Crippen molar-refractivity contribution in [2.24, 2.45) is 0 Å². The molecule has 0 spiro atoms. The Morgan fingerprint density at radius 2 is 1.88 bits per heavy atom. The topological polar surface area (TPSA) is 65.0 Å². The van der Waals surface area contributed by atoms with Crippen molar-refractivity contribution in [1.82, 2.24) is 0 Å². The second kappa shape index (κ2) is 9.91. The van der Waals surface area contributed by atoms with Crippen LogP contribution in [0.15, 0.2) is 48.5 Å². The van der Waals surface area contributed by atoms with Gasteiger partial charge in [-0.2, -0.15) is 0 Å². The standard InChI is InChI=1S/C19H21ClO5/c1-23-18(19(21)22)13-14-6-4-7-15(12-14)24-10-5-11-25-17-9-3-2-8-16(17)20/h2-4,6-9,12,18H,5,10-11,13H2,1H3,(H,21,22). The third-order valence-corrected chi connectivity index (χ3v) is 3.84. The van der Waals surface area contributed by atoms with E-state index >= 15 is 0 Å². The Bertz CT molecular complexity index is 689. The van der Waals surface area contributed by atoms with Crippen LogP contribution in [0.3, 0.4) is 0 Å². The second-order valence-electron chi connectivity index (χ2n) is 5.40. The summed E-state index contributed by atoms with van der Waals surface area (Å²) in [4.78, 5) is 11.0. The van der Waals surface area contributed by atoms with Crippen LogP contribution < -0.4 is 9.47 Å². The zero-order chi connectivity index (χ0) is 18.1. The van der Waals surface area contributed by atoms with E-state index in [1.165, 1.54) is 7.11 Å². The Labute approximate surface area is 152 Å². The summed E-state index contributed by atoms with van der Waals surface area (Å²) >= 11 is 6.02. The van der Waals surface area contributed by atoms with Crippen LogP contribution in [0.5, 0.6) is 11.5 Å². The van der Waals surface area contributed by atoms with Gasteiger partial charge in [-0.3, -0.25) is 0 Å². The molecule has 0 fully saturated rings. The summed E-state index contributed by atoms with van der Waals surface area (Å²) < 4.78 is 16.2. The highest BCUT2D eigenvalue weighted by atomic mass is 35.5. The first-order valence-electron chi connectivity index (χ1n) is 7.95. The second-order valence-corrected chi connectivity index (χ2v) is 5.80. The van der Waals surface area contributed by atoms with Crippen molar-refractivity contribution in [3.05, 3.63) is 59.1 Å². The zero-order valence-electron chi connectivity index (χ0n) is 14.0. The van der Waals surface area contributed by atoms with E-state index in [1.807, 2.05) is 42.5 Å². The van der Waals surface area contributed by atoms with Crippen LogP contribution in [0.2, 0.25) is 5.02 Å². The number of ether oxygens (including phenoxy) is 3. The lowest BCUT2D eigenvalue weighted by Crippen LogP contribution is -2.24. The molecule has 2 rings (SSSR count). The summed E-state index contributed by atoms with van der Waals surface area (Å²) in [5.41, 5.74) is 0.846. The van der Waals surface area contributed by atoms with Gasteiger partial charge in [-0.25, -0.2) is 4.79 Å². The predicted octanol–water partition coefficient (Wildman–Crippen LogP) is 3.83. The normalized spacial score (nSPS) is 11.8. The molecule has 0 heterocycles. The fourth-order valence-electron chi connectivity index (χ4n) is 2.24. The van der Waals surface area contributed by atoms with Gasteiger partial charge in [0.2, 0.25) is 0 Å². The van der Waals surface area contributed by atoms with E-state index in [9.17, 15) is 4.79 Å². The summed E-state index contributed by atoms with van der Waals surface area (Å²) in [6.45, 7) is 0.981. The molecule has 1 N–H and O–H groups in total. The molecule has 0 radical (unpaired) electrons. The molecule has 2 aromatic carbocycles. The van der Waals surface area contributed by atoms with E-state index in [0.29, 0.717) is 42.6 Å². The van der Waals surface area contributed by atoms with E-state index in [-0.39, 0.29) is 0 Å². The molecule has 0 aliphatic carbocycles. The minimum atomic E-state index is -0.981. The number of aliphatic carboxylic acids is 1. The first-order valence-corrected chi connectivity index (χ1v) is 8.32. The van der Waals surface area contributed by atoms with Crippen molar-refractivity contribution in [3.63, 3.8) is 0 Å². The van der Waals surface area contributed by atoms with Crippen LogP contribution in [0.1, 0.15) is 12.0 Å². The molecule has 6 heteroatoms. The molecule has 0 aliphatic rings. The number of halogens is 1. The van der Waals surface area contributed by atoms with Crippen molar-refractivity contribution >= 4 is 17.6 Å². The van der Waals surface area contributed by atoms with Gasteiger partial charge in [0.05, 0.1) is 18.2 Å². The summed E-state index contributed by atoms with van der Waals surface area (Å²) in [5.74, 6) is 0.367. The van der Waals surface area contributed by atoms with E-state index in [4.69, 9.17) is 30.9 Å². The Hall–Kier alpha value is -2.24. The molecule has 0 bridgehead atoms. The van der Waals surface area contributed by atoms with Crippen molar-refractivity contribution in [2.75, 3.05) is 20.3 Å². The number of carboxylic acids is 1. The van der Waals surface area contributed by atoms with Crippen molar-refractivity contribution in [2.45, 2.75) is 18.9 Å². The van der Waals surface area contributed by atoms with Crippen LogP contribution in [-0.4, -0.2) is 37.5 Å². The van der Waals surface area contributed by atoms with Crippen LogP contribution >= 0.6 is 11.6 Å². The van der Waals surface area contributed by atoms with Crippen molar-refractivity contribution in [3.8, 4) is 11.5 Å². The Morgan fingerprint density at radius 3 is 2.60 bits per heavy atom. The lowest BCUT2D eigenvalue weighted by molar-refractivity contribution is -0.148. The molecule has 0 saturated carbocycles. The van der Waals surface area contributed by atoms with Crippen LogP contribution in [-0.2, 0) is 16.0 Å². The molecule has 1 unspecified atom stereocenters. The fourth-order valence-corrected chi connectivity index (χ4v) is 2.43. The van der Waals surface area contributed by atoms with Gasteiger partial charge < -0.3 is 19.3 Å². The minimum absolute atomic E-state index is 0.290. The number of hydrogen-bond donors (Lipinski definition) is 1.